The molecule has 0 saturated carbocycles. The van der Waals surface area contributed by atoms with E-state index < -0.39 is 72.2 Å². The van der Waals surface area contributed by atoms with E-state index in [9.17, 15) is 30.7 Å². The highest BCUT2D eigenvalue weighted by Crippen LogP contribution is 2.48. The maximum Gasteiger partial charge on any atom is 0.484 e. The van der Waals surface area contributed by atoms with Crippen LogP contribution in [0.1, 0.15) is 24.5 Å². The predicted octanol–water partition coefficient (Wildman–Crippen LogP) is 4.98. The lowest BCUT2D eigenvalue weighted by atomic mass is 9.80. The maximum atomic E-state index is 14.8. The molecule has 4 nitrogen and oxygen atoms in total. The second-order valence-electron chi connectivity index (χ2n) is 7.67. The first kappa shape index (κ1) is 22.8. The Labute approximate surface area is 177 Å². The number of hydrogen-bond acceptors (Lipinski definition) is 4. The van der Waals surface area contributed by atoms with Crippen LogP contribution in [0.5, 0.6) is 5.75 Å². The van der Waals surface area contributed by atoms with E-state index in [-0.39, 0.29) is 23.3 Å². The summed E-state index contributed by atoms with van der Waals surface area (Å²) in [7, 11) is 0. The van der Waals surface area contributed by atoms with Gasteiger partial charge in [0.25, 0.3) is 0 Å². The Morgan fingerprint density at radius 1 is 0.875 bits per heavy atom. The van der Waals surface area contributed by atoms with Crippen LogP contribution in [0.4, 0.5) is 30.7 Å². The molecule has 2 aromatic carbocycles. The highest BCUT2D eigenvalue weighted by atomic mass is 19.3. The summed E-state index contributed by atoms with van der Waals surface area (Å²) in [5.41, 5.74) is -1.38. The summed E-state index contributed by atoms with van der Waals surface area (Å²) in [6.45, 7) is 0.184. The van der Waals surface area contributed by atoms with Gasteiger partial charge in [0.1, 0.15) is 5.75 Å². The van der Waals surface area contributed by atoms with E-state index in [0.717, 1.165) is 0 Å². The minimum Gasteiger partial charge on any atom is -0.426 e. The number of hydrogen-bond donors (Lipinski definition) is 0. The highest BCUT2D eigenvalue weighted by Gasteiger charge is 2.69. The van der Waals surface area contributed by atoms with Gasteiger partial charge in [0.15, 0.2) is 29.1 Å². The van der Waals surface area contributed by atoms with Gasteiger partial charge in [0.2, 0.25) is 0 Å². The molecule has 0 aliphatic carbocycles. The summed E-state index contributed by atoms with van der Waals surface area (Å²) >= 11 is 0. The molecule has 0 amide bonds. The average molecular weight is 466 g/mol. The van der Waals surface area contributed by atoms with E-state index in [0.29, 0.717) is 12.8 Å². The summed E-state index contributed by atoms with van der Waals surface area (Å²) in [5.74, 6) is -11.7. The molecule has 174 valence electrons. The van der Waals surface area contributed by atoms with Crippen molar-refractivity contribution >= 4 is 0 Å². The SMILES string of the molecule is CCCc1ccc(C23COC(C(F)(F)Oc4cc(F)c(F)c(F)c4)(OC2)OC3)c(F)c1F. The molecule has 3 fully saturated rings. The van der Waals surface area contributed by atoms with Crippen LogP contribution >= 0.6 is 0 Å². The normalized spacial score (nSPS) is 25.2. The molecule has 0 radical (unpaired) electrons. The van der Waals surface area contributed by atoms with Crippen LogP contribution in [0.15, 0.2) is 24.3 Å². The Bertz CT molecular complexity index is 996. The van der Waals surface area contributed by atoms with Crippen LogP contribution in [0.3, 0.4) is 0 Å². The van der Waals surface area contributed by atoms with Gasteiger partial charge in [-0.25, -0.2) is 22.0 Å². The van der Waals surface area contributed by atoms with E-state index in [1.54, 1.807) is 6.92 Å². The zero-order chi connectivity index (χ0) is 23.3. The van der Waals surface area contributed by atoms with E-state index >= 15 is 0 Å². The van der Waals surface area contributed by atoms with Gasteiger partial charge in [-0.2, -0.15) is 8.78 Å². The summed E-state index contributed by atoms with van der Waals surface area (Å²) in [6.07, 6.45) is -3.53. The van der Waals surface area contributed by atoms with Gasteiger partial charge in [-0.05, 0) is 12.0 Å². The van der Waals surface area contributed by atoms with Crippen LogP contribution in [0, 0.1) is 29.1 Å². The van der Waals surface area contributed by atoms with Gasteiger partial charge in [0, 0.05) is 17.7 Å². The van der Waals surface area contributed by atoms with Gasteiger partial charge >= 0.3 is 12.1 Å². The molecular formula is C21H17F7O4. The Kier molecular flexibility index (Phi) is 5.62. The molecule has 0 unspecified atom stereocenters. The molecule has 5 rings (SSSR count). The van der Waals surface area contributed by atoms with E-state index in [2.05, 4.69) is 4.74 Å². The molecule has 32 heavy (non-hydrogen) atoms. The highest BCUT2D eigenvalue weighted by molar-refractivity contribution is 5.34. The molecule has 3 saturated heterocycles. The average Bonchev–Trinajstić information content (AvgIpc) is 2.76. The molecule has 3 aliphatic heterocycles. The Morgan fingerprint density at radius 2 is 1.44 bits per heavy atom. The number of aryl methyl sites for hydroxylation is 1. The summed E-state index contributed by atoms with van der Waals surface area (Å²) in [5, 5.41) is 0. The quantitative estimate of drug-likeness (QED) is 0.445. The third-order valence-electron chi connectivity index (χ3n) is 5.43. The molecule has 0 N–H and O–H groups in total. The van der Waals surface area contributed by atoms with Gasteiger partial charge in [0.05, 0.1) is 25.2 Å². The fourth-order valence-electron chi connectivity index (χ4n) is 3.70. The second kappa shape index (κ2) is 7.89. The largest absolute Gasteiger partial charge is 0.484 e. The van der Waals surface area contributed by atoms with Gasteiger partial charge in [-0.15, -0.1) is 0 Å². The number of benzene rings is 2. The van der Waals surface area contributed by atoms with Crippen molar-refractivity contribution in [2.24, 2.45) is 0 Å². The fourth-order valence-corrected chi connectivity index (χ4v) is 3.70. The Morgan fingerprint density at radius 3 is 1.97 bits per heavy atom. The minimum absolute atomic E-state index is 0.157. The maximum absolute atomic E-state index is 14.8. The van der Waals surface area contributed by atoms with Gasteiger partial charge < -0.3 is 18.9 Å². The topological polar surface area (TPSA) is 36.9 Å². The molecule has 0 spiro atoms. The standard InChI is InChI=1S/C21H17F7O4/c1-2-3-11-4-5-13(17(25)16(11)24)19-8-29-21(30-9-19,31-10-19)20(27,28)32-12-6-14(22)18(26)15(23)7-12/h4-7H,2-3,8-10H2,1H3. The minimum atomic E-state index is -4.44. The first-order valence-corrected chi connectivity index (χ1v) is 9.65. The Hall–Kier alpha value is -2.37. The van der Waals surface area contributed by atoms with E-state index in [1.165, 1.54) is 12.1 Å². The number of alkyl halides is 2. The molecule has 0 aromatic heterocycles. The van der Waals surface area contributed by atoms with Crippen LogP contribution < -0.4 is 4.74 Å². The number of ether oxygens (including phenoxy) is 4. The van der Waals surface area contributed by atoms with Crippen molar-refractivity contribution in [1.82, 2.24) is 0 Å². The molecule has 3 aliphatic rings. The fraction of sp³-hybridized carbons (Fsp3) is 0.429. The molecule has 11 heteroatoms. The van der Waals surface area contributed by atoms with E-state index in [4.69, 9.17) is 14.2 Å². The van der Waals surface area contributed by atoms with Crippen molar-refractivity contribution in [3.05, 3.63) is 64.5 Å². The molecular weight excluding hydrogens is 449 g/mol. The molecule has 3 heterocycles. The van der Waals surface area contributed by atoms with Crippen molar-refractivity contribution in [2.45, 2.75) is 37.3 Å². The zero-order valence-corrected chi connectivity index (χ0v) is 16.6. The molecule has 0 atom stereocenters. The first-order chi connectivity index (χ1) is 15.0. The smallest absolute Gasteiger partial charge is 0.426 e. The van der Waals surface area contributed by atoms with Crippen LogP contribution in [-0.2, 0) is 26.0 Å². The lowest BCUT2D eigenvalue weighted by Gasteiger charge is -2.52. The summed E-state index contributed by atoms with van der Waals surface area (Å²) in [6, 6.07) is 3.16. The summed E-state index contributed by atoms with van der Waals surface area (Å²) in [4.78, 5) is 0. The van der Waals surface area contributed by atoms with Crippen molar-refractivity contribution in [3.63, 3.8) is 0 Å². The van der Waals surface area contributed by atoms with E-state index in [1.807, 2.05) is 0 Å². The van der Waals surface area contributed by atoms with Crippen molar-refractivity contribution in [3.8, 4) is 5.75 Å². The predicted molar refractivity (Wildman–Crippen MR) is 94.5 cm³/mol. The number of fused-ring (bicyclic) bond motifs is 3. The van der Waals surface area contributed by atoms with Crippen LogP contribution in [0.25, 0.3) is 0 Å². The number of rotatable bonds is 6. The van der Waals surface area contributed by atoms with Crippen molar-refractivity contribution in [1.29, 1.82) is 0 Å². The molecule has 2 aromatic rings. The van der Waals surface area contributed by atoms with Gasteiger partial charge in [-0.1, -0.05) is 25.5 Å². The number of halogens is 7. The van der Waals surface area contributed by atoms with Gasteiger partial charge in [-0.3, -0.25) is 0 Å². The Balaban J connectivity index is 1.56. The third kappa shape index (κ3) is 3.52. The lowest BCUT2D eigenvalue weighted by Crippen LogP contribution is -2.70. The monoisotopic (exact) mass is 466 g/mol. The second-order valence-corrected chi connectivity index (χ2v) is 7.67. The zero-order valence-electron chi connectivity index (χ0n) is 16.6. The van der Waals surface area contributed by atoms with Crippen LogP contribution in [-0.4, -0.2) is 31.9 Å². The lowest BCUT2D eigenvalue weighted by molar-refractivity contribution is -0.539. The summed E-state index contributed by atoms with van der Waals surface area (Å²) < 4.78 is 118. The van der Waals surface area contributed by atoms with Crippen molar-refractivity contribution in [2.75, 3.05) is 19.8 Å². The molecule has 2 bridgehead atoms. The van der Waals surface area contributed by atoms with Crippen molar-refractivity contribution < 1.29 is 49.7 Å². The third-order valence-corrected chi connectivity index (χ3v) is 5.43. The van der Waals surface area contributed by atoms with Crippen LogP contribution in [0.2, 0.25) is 0 Å². The first-order valence-electron chi connectivity index (χ1n) is 9.65.